The van der Waals surface area contributed by atoms with E-state index in [9.17, 15) is 15.2 Å². The summed E-state index contributed by atoms with van der Waals surface area (Å²) in [6.07, 6.45) is 2.02. The molecule has 166 valence electrons. The number of phenols is 1. The summed E-state index contributed by atoms with van der Waals surface area (Å²) in [5, 5.41) is 24.4. The minimum atomic E-state index is -0.408. The molecule has 1 saturated heterocycles. The maximum atomic E-state index is 11.9. The largest absolute Gasteiger partial charge is 0.508 e. The van der Waals surface area contributed by atoms with E-state index >= 15 is 0 Å². The monoisotopic (exact) mass is 434 g/mol. The van der Waals surface area contributed by atoms with E-state index in [1.807, 2.05) is 35.2 Å². The maximum absolute atomic E-state index is 11.9. The van der Waals surface area contributed by atoms with Crippen molar-refractivity contribution in [3.05, 3.63) is 82.2 Å². The predicted octanol–water partition coefficient (Wildman–Crippen LogP) is 3.07. The van der Waals surface area contributed by atoms with E-state index in [2.05, 4.69) is 32.3 Å². The zero-order valence-electron chi connectivity index (χ0n) is 17.7. The molecule has 0 amide bonds. The number of nitrogens with zero attached hydrogens (tertiary/aromatic N) is 5. The van der Waals surface area contributed by atoms with E-state index in [1.54, 1.807) is 12.1 Å². The Kier molecular flexibility index (Phi) is 6.76. The lowest BCUT2D eigenvalue weighted by molar-refractivity contribution is -0.383. The standard InChI is InChI=1S/C23H26N6O3/c30-20-8-6-18(7-9-20)10-11-24-22-21(29(31)32)23(26-17-25-22)28-14-12-27(13-15-28)16-19-4-2-1-3-5-19/h1-9,17,30H,10-16H2,(H,24,25,26). The third-order valence-electron chi connectivity index (χ3n) is 5.55. The summed E-state index contributed by atoms with van der Waals surface area (Å²) >= 11 is 0. The summed E-state index contributed by atoms with van der Waals surface area (Å²) < 4.78 is 0. The van der Waals surface area contributed by atoms with Gasteiger partial charge in [0.1, 0.15) is 12.1 Å². The van der Waals surface area contributed by atoms with Gasteiger partial charge in [0.05, 0.1) is 4.92 Å². The molecule has 0 bridgehead atoms. The SMILES string of the molecule is O=[N+]([O-])c1c(NCCc2ccc(O)cc2)ncnc1N1CCN(Cc2ccccc2)CC1. The molecule has 2 aromatic carbocycles. The van der Waals surface area contributed by atoms with Crippen molar-refractivity contribution in [3.63, 3.8) is 0 Å². The fraction of sp³-hybridized carbons (Fsp3) is 0.304. The van der Waals surface area contributed by atoms with E-state index in [1.165, 1.54) is 11.9 Å². The first-order valence-corrected chi connectivity index (χ1v) is 10.6. The zero-order valence-corrected chi connectivity index (χ0v) is 17.7. The van der Waals surface area contributed by atoms with E-state index < -0.39 is 4.92 Å². The number of rotatable bonds is 8. The molecule has 1 fully saturated rings. The van der Waals surface area contributed by atoms with Crippen LogP contribution in [0.15, 0.2) is 60.9 Å². The molecule has 1 aliphatic heterocycles. The number of benzene rings is 2. The molecule has 1 aliphatic rings. The number of hydrogen-bond donors (Lipinski definition) is 2. The first-order valence-electron chi connectivity index (χ1n) is 10.6. The number of phenolic OH excluding ortho intramolecular Hbond substituents is 1. The Morgan fingerprint density at radius 1 is 0.969 bits per heavy atom. The average molecular weight is 435 g/mol. The van der Waals surface area contributed by atoms with Crippen LogP contribution in [0.25, 0.3) is 0 Å². The van der Waals surface area contributed by atoms with Gasteiger partial charge in [-0.15, -0.1) is 0 Å². The highest BCUT2D eigenvalue weighted by molar-refractivity contribution is 5.70. The number of piperazine rings is 1. The van der Waals surface area contributed by atoms with Crippen LogP contribution in [0.2, 0.25) is 0 Å². The molecule has 2 heterocycles. The van der Waals surface area contributed by atoms with Crippen molar-refractivity contribution in [3.8, 4) is 5.75 Å². The number of nitrogens with one attached hydrogen (secondary N) is 1. The third kappa shape index (κ3) is 5.30. The number of aromatic hydroxyl groups is 1. The molecule has 0 spiro atoms. The van der Waals surface area contributed by atoms with Gasteiger partial charge >= 0.3 is 5.69 Å². The molecule has 9 heteroatoms. The van der Waals surface area contributed by atoms with Crippen molar-refractivity contribution in [2.24, 2.45) is 0 Å². The van der Waals surface area contributed by atoms with Crippen LogP contribution in [0.5, 0.6) is 5.75 Å². The molecule has 0 unspecified atom stereocenters. The second-order valence-corrected chi connectivity index (χ2v) is 7.74. The minimum Gasteiger partial charge on any atom is -0.508 e. The van der Waals surface area contributed by atoms with E-state index in [-0.39, 0.29) is 17.3 Å². The Labute approximate surface area is 186 Å². The Balaban J connectivity index is 1.40. The molecule has 2 N–H and O–H groups in total. The van der Waals surface area contributed by atoms with E-state index in [4.69, 9.17) is 0 Å². The van der Waals surface area contributed by atoms with Crippen LogP contribution in [0.3, 0.4) is 0 Å². The number of nitro groups is 1. The normalized spacial score (nSPS) is 14.3. The van der Waals surface area contributed by atoms with Gasteiger partial charge in [0, 0.05) is 39.3 Å². The highest BCUT2D eigenvalue weighted by atomic mass is 16.6. The van der Waals surface area contributed by atoms with Crippen molar-refractivity contribution < 1.29 is 10.0 Å². The molecule has 0 saturated carbocycles. The third-order valence-corrected chi connectivity index (χ3v) is 5.55. The summed E-state index contributed by atoms with van der Waals surface area (Å²) in [4.78, 5) is 24.2. The van der Waals surface area contributed by atoms with Gasteiger partial charge in [-0.3, -0.25) is 15.0 Å². The topological polar surface area (TPSA) is 108 Å². The van der Waals surface area contributed by atoms with Crippen LogP contribution < -0.4 is 10.2 Å². The molecule has 32 heavy (non-hydrogen) atoms. The lowest BCUT2D eigenvalue weighted by atomic mass is 10.1. The van der Waals surface area contributed by atoms with Crippen LogP contribution >= 0.6 is 0 Å². The van der Waals surface area contributed by atoms with Crippen LogP contribution in [-0.4, -0.2) is 57.6 Å². The Morgan fingerprint density at radius 2 is 1.69 bits per heavy atom. The second kappa shape index (κ2) is 10.1. The van der Waals surface area contributed by atoms with Gasteiger partial charge in [-0.1, -0.05) is 42.5 Å². The Morgan fingerprint density at radius 3 is 2.38 bits per heavy atom. The number of aromatic nitrogens is 2. The number of hydrogen-bond acceptors (Lipinski definition) is 8. The van der Waals surface area contributed by atoms with Crippen LogP contribution in [0.4, 0.5) is 17.3 Å². The van der Waals surface area contributed by atoms with Crippen molar-refractivity contribution in [1.82, 2.24) is 14.9 Å². The lowest BCUT2D eigenvalue weighted by Gasteiger charge is -2.35. The molecule has 4 rings (SSSR count). The van der Waals surface area contributed by atoms with Gasteiger partial charge in [-0.05, 0) is 29.7 Å². The lowest BCUT2D eigenvalue weighted by Crippen LogP contribution is -2.46. The summed E-state index contributed by atoms with van der Waals surface area (Å²) in [5.74, 6) is 0.795. The predicted molar refractivity (Wildman–Crippen MR) is 123 cm³/mol. The molecule has 3 aromatic rings. The maximum Gasteiger partial charge on any atom is 0.353 e. The molecule has 0 radical (unpaired) electrons. The quantitative estimate of drug-likeness (QED) is 0.411. The van der Waals surface area contributed by atoms with Crippen LogP contribution in [0.1, 0.15) is 11.1 Å². The number of anilines is 2. The van der Waals surface area contributed by atoms with Crippen LogP contribution in [0, 0.1) is 10.1 Å². The Hall–Kier alpha value is -3.72. The van der Waals surface area contributed by atoms with Crippen LogP contribution in [-0.2, 0) is 13.0 Å². The van der Waals surface area contributed by atoms with Crippen molar-refractivity contribution in [2.45, 2.75) is 13.0 Å². The average Bonchev–Trinajstić information content (AvgIpc) is 2.81. The van der Waals surface area contributed by atoms with Crippen molar-refractivity contribution in [2.75, 3.05) is 42.9 Å². The molecular weight excluding hydrogens is 408 g/mol. The zero-order chi connectivity index (χ0) is 22.3. The highest BCUT2D eigenvalue weighted by Crippen LogP contribution is 2.32. The fourth-order valence-electron chi connectivity index (χ4n) is 3.85. The van der Waals surface area contributed by atoms with Gasteiger partial charge < -0.3 is 15.3 Å². The minimum absolute atomic E-state index is 0.0882. The summed E-state index contributed by atoms with van der Waals surface area (Å²) in [7, 11) is 0. The first kappa shape index (κ1) is 21.5. The smallest absolute Gasteiger partial charge is 0.353 e. The first-order chi connectivity index (χ1) is 15.6. The molecule has 0 aliphatic carbocycles. The summed E-state index contributed by atoms with van der Waals surface area (Å²) in [6.45, 7) is 4.28. The van der Waals surface area contributed by atoms with Crippen molar-refractivity contribution >= 4 is 17.3 Å². The molecular formula is C23H26N6O3. The Bertz CT molecular complexity index is 1040. The van der Waals surface area contributed by atoms with Gasteiger partial charge in [0.2, 0.25) is 11.6 Å². The second-order valence-electron chi connectivity index (χ2n) is 7.74. The molecule has 9 nitrogen and oxygen atoms in total. The fourth-order valence-corrected chi connectivity index (χ4v) is 3.85. The van der Waals surface area contributed by atoms with Gasteiger partial charge in [0.25, 0.3) is 0 Å². The molecule has 1 aromatic heterocycles. The summed E-state index contributed by atoms with van der Waals surface area (Å²) in [6, 6.07) is 17.2. The molecule has 0 atom stereocenters. The van der Waals surface area contributed by atoms with Gasteiger partial charge in [0.15, 0.2) is 0 Å². The van der Waals surface area contributed by atoms with Gasteiger partial charge in [-0.25, -0.2) is 9.97 Å². The van der Waals surface area contributed by atoms with E-state index in [0.717, 1.165) is 25.2 Å². The van der Waals surface area contributed by atoms with E-state index in [0.29, 0.717) is 31.9 Å². The van der Waals surface area contributed by atoms with Crippen molar-refractivity contribution in [1.29, 1.82) is 0 Å². The highest BCUT2D eigenvalue weighted by Gasteiger charge is 2.29. The van der Waals surface area contributed by atoms with Gasteiger partial charge in [-0.2, -0.15) is 0 Å². The summed E-state index contributed by atoms with van der Waals surface area (Å²) in [5.41, 5.74) is 2.19.